The van der Waals surface area contributed by atoms with Gasteiger partial charge in [0.15, 0.2) is 0 Å². The van der Waals surface area contributed by atoms with E-state index < -0.39 is 28.5 Å². The molecule has 0 aliphatic rings. The fourth-order valence-electron chi connectivity index (χ4n) is 3.59. The first-order valence-corrected chi connectivity index (χ1v) is 14.1. The third-order valence-corrected chi connectivity index (χ3v) is 7.57. The Morgan fingerprint density at radius 1 is 1.03 bits per heavy atom. The van der Waals surface area contributed by atoms with E-state index >= 15 is 0 Å². The second kappa shape index (κ2) is 12.6. The minimum Gasteiger partial charge on any atom is -0.352 e. The number of amides is 2. The minimum absolute atomic E-state index is 0.0631. The average Bonchev–Trinajstić information content (AvgIpc) is 2.78. The molecule has 0 bridgehead atoms. The molecule has 0 aliphatic carbocycles. The maximum absolute atomic E-state index is 13.7. The number of sulfonamides is 1. The Labute approximate surface area is 218 Å². The molecule has 2 aromatic carbocycles. The Hall–Kier alpha value is -2.29. The second-order valence-corrected chi connectivity index (χ2v) is 11.3. The highest BCUT2D eigenvalue weighted by Crippen LogP contribution is 2.25. The third kappa shape index (κ3) is 8.12. The Balaban J connectivity index is 2.46. The molecule has 7 nitrogen and oxygen atoms in total. The number of carbonyl (C=O) groups excluding carboxylic acids is 2. The van der Waals surface area contributed by atoms with Gasteiger partial charge in [0.05, 0.1) is 22.0 Å². The molecule has 2 unspecified atom stereocenters. The smallest absolute Gasteiger partial charge is 0.244 e. The lowest BCUT2D eigenvalue weighted by molar-refractivity contribution is -0.140. The van der Waals surface area contributed by atoms with Crippen molar-refractivity contribution in [1.82, 2.24) is 10.2 Å². The van der Waals surface area contributed by atoms with Crippen molar-refractivity contribution in [1.29, 1.82) is 0 Å². The zero-order valence-electron chi connectivity index (χ0n) is 20.7. The summed E-state index contributed by atoms with van der Waals surface area (Å²) in [5.41, 5.74) is 1.91. The minimum atomic E-state index is -3.78. The molecule has 10 heteroatoms. The van der Waals surface area contributed by atoms with Crippen LogP contribution in [0.5, 0.6) is 0 Å². The van der Waals surface area contributed by atoms with Crippen LogP contribution in [0.4, 0.5) is 5.69 Å². The van der Waals surface area contributed by atoms with Gasteiger partial charge in [-0.3, -0.25) is 13.9 Å². The molecule has 2 amide bonds. The van der Waals surface area contributed by atoms with E-state index in [0.29, 0.717) is 27.7 Å². The average molecular weight is 543 g/mol. The predicted molar refractivity (Wildman–Crippen MR) is 142 cm³/mol. The van der Waals surface area contributed by atoms with Crippen molar-refractivity contribution in [3.8, 4) is 0 Å². The normalized spacial score (nSPS) is 13.1. The lowest BCUT2D eigenvalue weighted by Crippen LogP contribution is -2.53. The van der Waals surface area contributed by atoms with Crippen molar-refractivity contribution < 1.29 is 18.0 Å². The van der Waals surface area contributed by atoms with Gasteiger partial charge in [-0.2, -0.15) is 0 Å². The van der Waals surface area contributed by atoms with Crippen LogP contribution in [-0.2, 0) is 26.2 Å². The van der Waals surface area contributed by atoms with Gasteiger partial charge in [0.1, 0.15) is 12.6 Å². The molecule has 2 atom stereocenters. The zero-order valence-corrected chi connectivity index (χ0v) is 23.0. The Kier molecular flexibility index (Phi) is 10.4. The maximum atomic E-state index is 13.7. The fraction of sp³-hybridized carbons (Fsp3) is 0.440. The highest BCUT2D eigenvalue weighted by atomic mass is 35.5. The molecule has 0 radical (unpaired) electrons. The van der Waals surface area contributed by atoms with Gasteiger partial charge in [-0.15, -0.1) is 0 Å². The van der Waals surface area contributed by atoms with E-state index in [1.165, 1.54) is 4.90 Å². The van der Waals surface area contributed by atoms with Gasteiger partial charge in [-0.25, -0.2) is 8.42 Å². The van der Waals surface area contributed by atoms with Crippen molar-refractivity contribution in [2.45, 2.75) is 59.2 Å². The number of halogens is 2. The third-order valence-electron chi connectivity index (χ3n) is 5.69. The van der Waals surface area contributed by atoms with E-state index in [1.54, 1.807) is 36.4 Å². The van der Waals surface area contributed by atoms with Crippen LogP contribution in [0, 0.1) is 6.92 Å². The number of rotatable bonds is 11. The van der Waals surface area contributed by atoms with E-state index in [2.05, 4.69) is 5.32 Å². The largest absolute Gasteiger partial charge is 0.352 e. The molecule has 0 fully saturated rings. The van der Waals surface area contributed by atoms with Crippen LogP contribution in [0.3, 0.4) is 0 Å². The summed E-state index contributed by atoms with van der Waals surface area (Å²) in [4.78, 5) is 28.2. The first-order valence-electron chi connectivity index (χ1n) is 11.5. The molecule has 2 aromatic rings. The first kappa shape index (κ1) is 28.9. The topological polar surface area (TPSA) is 86.8 Å². The summed E-state index contributed by atoms with van der Waals surface area (Å²) in [5, 5.41) is 3.63. The number of nitrogens with zero attached hydrogens (tertiary/aromatic N) is 2. The van der Waals surface area contributed by atoms with Gasteiger partial charge in [-0.1, -0.05) is 55.2 Å². The first-order chi connectivity index (χ1) is 16.4. The van der Waals surface area contributed by atoms with Crippen LogP contribution in [0.15, 0.2) is 42.5 Å². The summed E-state index contributed by atoms with van der Waals surface area (Å²) in [6.07, 6.45) is 2.13. The van der Waals surface area contributed by atoms with Crippen LogP contribution in [0.1, 0.15) is 44.7 Å². The van der Waals surface area contributed by atoms with Gasteiger partial charge in [0.2, 0.25) is 21.8 Å². The Morgan fingerprint density at radius 2 is 1.71 bits per heavy atom. The van der Waals surface area contributed by atoms with Crippen LogP contribution >= 0.6 is 23.2 Å². The van der Waals surface area contributed by atoms with E-state index in [-0.39, 0.29) is 18.5 Å². The molecular formula is C25H33Cl2N3O4S. The number of nitrogens with one attached hydrogen (secondary N) is 1. The summed E-state index contributed by atoms with van der Waals surface area (Å²) in [6.45, 7) is 7.11. The standard InChI is InChI=1S/C25H33Cl2N3O4S/c1-6-18(4)28-25(32)23(7-2)29(15-19-11-12-21(26)22(27)14-19)24(31)16-30(35(5,33)34)20-10-8-9-17(3)13-20/h8-14,18,23H,6-7,15-16H2,1-5H3,(H,28,32). The number of hydrogen-bond acceptors (Lipinski definition) is 4. The van der Waals surface area contributed by atoms with Crippen molar-refractivity contribution in [3.05, 3.63) is 63.6 Å². The molecular weight excluding hydrogens is 509 g/mol. The molecule has 35 heavy (non-hydrogen) atoms. The van der Waals surface area contributed by atoms with Crippen molar-refractivity contribution >= 4 is 50.7 Å². The van der Waals surface area contributed by atoms with E-state index in [4.69, 9.17) is 23.2 Å². The molecule has 0 aliphatic heterocycles. The maximum Gasteiger partial charge on any atom is 0.244 e. The number of aryl methyl sites for hydroxylation is 1. The summed E-state index contributed by atoms with van der Waals surface area (Å²) < 4.78 is 26.3. The molecule has 192 valence electrons. The summed E-state index contributed by atoms with van der Waals surface area (Å²) in [7, 11) is -3.78. The molecule has 0 saturated heterocycles. The zero-order chi connectivity index (χ0) is 26.3. The number of anilines is 1. The van der Waals surface area contributed by atoms with Gasteiger partial charge >= 0.3 is 0 Å². The molecule has 0 aromatic heterocycles. The van der Waals surface area contributed by atoms with Crippen molar-refractivity contribution in [2.75, 3.05) is 17.1 Å². The van der Waals surface area contributed by atoms with Crippen LogP contribution in [-0.4, -0.2) is 50.0 Å². The number of benzene rings is 2. The quantitative estimate of drug-likeness (QED) is 0.443. The summed E-state index contributed by atoms with van der Waals surface area (Å²) >= 11 is 12.2. The van der Waals surface area contributed by atoms with E-state index in [9.17, 15) is 18.0 Å². The number of hydrogen-bond donors (Lipinski definition) is 1. The Bertz CT molecular complexity index is 1160. The second-order valence-electron chi connectivity index (χ2n) is 8.62. The molecule has 1 N–H and O–H groups in total. The summed E-state index contributed by atoms with van der Waals surface area (Å²) in [5.74, 6) is -0.800. The Morgan fingerprint density at radius 3 is 2.26 bits per heavy atom. The molecule has 0 spiro atoms. The van der Waals surface area contributed by atoms with Gasteiger partial charge in [0, 0.05) is 12.6 Å². The lowest BCUT2D eigenvalue weighted by Gasteiger charge is -2.33. The van der Waals surface area contributed by atoms with Crippen molar-refractivity contribution in [2.24, 2.45) is 0 Å². The summed E-state index contributed by atoms with van der Waals surface area (Å²) in [6, 6.07) is 11.0. The number of carbonyl (C=O) groups is 2. The highest BCUT2D eigenvalue weighted by molar-refractivity contribution is 7.92. The van der Waals surface area contributed by atoms with Crippen LogP contribution < -0.4 is 9.62 Å². The lowest BCUT2D eigenvalue weighted by atomic mass is 10.1. The van der Waals surface area contributed by atoms with Gasteiger partial charge in [0.25, 0.3) is 0 Å². The fourth-order valence-corrected chi connectivity index (χ4v) is 4.75. The van der Waals surface area contributed by atoms with Crippen LogP contribution in [0.2, 0.25) is 10.0 Å². The van der Waals surface area contributed by atoms with Crippen molar-refractivity contribution in [3.63, 3.8) is 0 Å². The predicted octanol–water partition coefficient (Wildman–Crippen LogP) is 4.79. The van der Waals surface area contributed by atoms with E-state index in [1.807, 2.05) is 33.8 Å². The monoisotopic (exact) mass is 541 g/mol. The molecule has 2 rings (SSSR count). The SMILES string of the molecule is CCC(C)NC(=O)C(CC)N(Cc1ccc(Cl)c(Cl)c1)C(=O)CN(c1cccc(C)c1)S(C)(=O)=O. The van der Waals surface area contributed by atoms with Gasteiger partial charge in [-0.05, 0) is 62.1 Å². The highest BCUT2D eigenvalue weighted by Gasteiger charge is 2.32. The van der Waals surface area contributed by atoms with E-state index in [0.717, 1.165) is 22.5 Å². The van der Waals surface area contributed by atoms with Crippen LogP contribution in [0.25, 0.3) is 0 Å². The van der Waals surface area contributed by atoms with Gasteiger partial charge < -0.3 is 10.2 Å². The molecule has 0 heterocycles. The molecule has 0 saturated carbocycles.